The van der Waals surface area contributed by atoms with Crippen LogP contribution >= 0.6 is 15.9 Å². The Hall–Kier alpha value is -2.09. The maximum atomic E-state index is 11.5. The third-order valence-electron chi connectivity index (χ3n) is 2.85. The Morgan fingerprint density at radius 2 is 2.18 bits per heavy atom. The van der Waals surface area contributed by atoms with Crippen LogP contribution in [0.1, 0.15) is 25.3 Å². The number of hydrazone groups is 1. The van der Waals surface area contributed by atoms with E-state index in [9.17, 15) is 14.7 Å². The molecule has 1 fully saturated rings. The van der Waals surface area contributed by atoms with Gasteiger partial charge in [0, 0.05) is 6.04 Å². The van der Waals surface area contributed by atoms with Crippen molar-refractivity contribution in [3.05, 3.63) is 22.2 Å². The second kappa shape index (κ2) is 7.26. The summed E-state index contributed by atoms with van der Waals surface area (Å²) >= 11 is 3.20. The minimum absolute atomic E-state index is 0.00755. The predicted molar refractivity (Wildman–Crippen MR) is 83.9 cm³/mol. The number of phenolic OH excluding ortho intramolecular Hbond substituents is 1. The molecule has 0 aliphatic heterocycles. The lowest BCUT2D eigenvalue weighted by atomic mass is 10.2. The Kier molecular flexibility index (Phi) is 5.37. The van der Waals surface area contributed by atoms with Crippen LogP contribution in [0.2, 0.25) is 0 Å². The van der Waals surface area contributed by atoms with Crippen LogP contribution in [0, 0.1) is 0 Å². The van der Waals surface area contributed by atoms with Gasteiger partial charge >= 0.3 is 11.8 Å². The molecule has 0 heterocycles. The van der Waals surface area contributed by atoms with Crippen molar-refractivity contribution < 1.29 is 19.4 Å². The summed E-state index contributed by atoms with van der Waals surface area (Å²) in [4.78, 5) is 22.9. The van der Waals surface area contributed by atoms with E-state index in [4.69, 9.17) is 4.74 Å². The Morgan fingerprint density at radius 3 is 2.82 bits per heavy atom. The highest BCUT2D eigenvalue weighted by Crippen LogP contribution is 2.34. The zero-order valence-electron chi connectivity index (χ0n) is 11.9. The average Bonchev–Trinajstić information content (AvgIpc) is 3.28. The van der Waals surface area contributed by atoms with Gasteiger partial charge in [-0.15, -0.1) is 0 Å². The Labute approximate surface area is 135 Å². The van der Waals surface area contributed by atoms with Crippen LogP contribution < -0.4 is 15.5 Å². The normalized spacial score (nSPS) is 13.9. The summed E-state index contributed by atoms with van der Waals surface area (Å²) in [5.74, 6) is -1.21. The molecule has 0 atom stereocenters. The molecule has 0 aromatic heterocycles. The van der Waals surface area contributed by atoms with Gasteiger partial charge in [0.25, 0.3) is 0 Å². The molecule has 22 heavy (non-hydrogen) atoms. The smallest absolute Gasteiger partial charge is 0.329 e. The van der Waals surface area contributed by atoms with E-state index >= 15 is 0 Å². The van der Waals surface area contributed by atoms with Crippen LogP contribution in [0.3, 0.4) is 0 Å². The van der Waals surface area contributed by atoms with Gasteiger partial charge in [-0.1, -0.05) is 0 Å². The number of aromatic hydroxyl groups is 1. The monoisotopic (exact) mass is 369 g/mol. The number of hydrogen-bond acceptors (Lipinski definition) is 5. The van der Waals surface area contributed by atoms with Crippen molar-refractivity contribution in [2.75, 3.05) is 6.61 Å². The number of carbonyl (C=O) groups is 2. The van der Waals surface area contributed by atoms with E-state index in [0.29, 0.717) is 22.4 Å². The minimum Gasteiger partial charge on any atom is -0.503 e. The van der Waals surface area contributed by atoms with E-state index in [2.05, 4.69) is 31.8 Å². The maximum Gasteiger partial charge on any atom is 0.329 e. The third-order valence-corrected chi connectivity index (χ3v) is 3.45. The third kappa shape index (κ3) is 4.45. The van der Waals surface area contributed by atoms with Crippen molar-refractivity contribution in [2.24, 2.45) is 5.10 Å². The largest absolute Gasteiger partial charge is 0.503 e. The first kappa shape index (κ1) is 16.3. The predicted octanol–water partition coefficient (Wildman–Crippen LogP) is 1.28. The summed E-state index contributed by atoms with van der Waals surface area (Å²) in [5, 5.41) is 16.1. The fraction of sp³-hybridized carbons (Fsp3) is 0.357. The van der Waals surface area contributed by atoms with Crippen molar-refractivity contribution in [3.8, 4) is 11.5 Å². The van der Waals surface area contributed by atoms with E-state index in [1.54, 1.807) is 19.1 Å². The lowest BCUT2D eigenvalue weighted by Crippen LogP contribution is -2.38. The summed E-state index contributed by atoms with van der Waals surface area (Å²) in [7, 11) is 0. The van der Waals surface area contributed by atoms with Gasteiger partial charge in [0.15, 0.2) is 11.5 Å². The highest BCUT2D eigenvalue weighted by Gasteiger charge is 2.26. The number of rotatable bonds is 5. The summed E-state index contributed by atoms with van der Waals surface area (Å²) < 4.78 is 5.72. The standard InChI is InChI=1S/C14H16BrN3O4/c1-2-22-11-6-8(5-10(15)12(11)19)7-16-18-14(21)13(20)17-9-3-4-9/h5-7,9,19H,2-4H2,1H3,(H,17,20)(H,18,21)/b16-7-. The fourth-order valence-corrected chi connectivity index (χ4v) is 2.09. The molecule has 0 saturated heterocycles. The molecule has 0 radical (unpaired) electrons. The van der Waals surface area contributed by atoms with Gasteiger partial charge in [0.2, 0.25) is 0 Å². The van der Waals surface area contributed by atoms with Crippen molar-refractivity contribution in [1.82, 2.24) is 10.7 Å². The molecule has 1 aromatic rings. The number of hydrogen-bond donors (Lipinski definition) is 3. The fourth-order valence-electron chi connectivity index (χ4n) is 1.63. The van der Waals surface area contributed by atoms with Gasteiger partial charge in [-0.3, -0.25) is 9.59 Å². The number of halogens is 1. The summed E-state index contributed by atoms with van der Waals surface area (Å²) in [6.07, 6.45) is 3.17. The molecule has 118 valence electrons. The first-order valence-corrected chi connectivity index (χ1v) is 7.59. The van der Waals surface area contributed by atoms with Crippen molar-refractivity contribution in [1.29, 1.82) is 0 Å². The molecule has 0 bridgehead atoms. The van der Waals surface area contributed by atoms with E-state index in [-0.39, 0.29) is 11.8 Å². The minimum atomic E-state index is -0.814. The van der Waals surface area contributed by atoms with Crippen LogP contribution in [-0.4, -0.2) is 35.8 Å². The van der Waals surface area contributed by atoms with Crippen LogP contribution in [0.4, 0.5) is 0 Å². The summed E-state index contributed by atoms with van der Waals surface area (Å²) in [6.45, 7) is 2.20. The van der Waals surface area contributed by atoms with E-state index < -0.39 is 11.8 Å². The van der Waals surface area contributed by atoms with Gasteiger partial charge < -0.3 is 15.2 Å². The number of benzene rings is 1. The molecular weight excluding hydrogens is 354 g/mol. The number of phenols is 1. The quantitative estimate of drug-likeness (QED) is 0.413. The topological polar surface area (TPSA) is 100 Å². The SMILES string of the molecule is CCOc1cc(/C=N\NC(=O)C(=O)NC2CC2)cc(Br)c1O. The van der Waals surface area contributed by atoms with Gasteiger partial charge in [0.1, 0.15) is 0 Å². The highest BCUT2D eigenvalue weighted by atomic mass is 79.9. The molecule has 1 aliphatic carbocycles. The Morgan fingerprint density at radius 1 is 1.45 bits per heavy atom. The molecule has 8 heteroatoms. The molecule has 2 amide bonds. The van der Waals surface area contributed by atoms with Gasteiger partial charge in [-0.2, -0.15) is 5.10 Å². The second-order valence-corrected chi connectivity index (χ2v) is 5.58. The molecule has 1 aliphatic rings. The molecule has 1 saturated carbocycles. The number of ether oxygens (including phenoxy) is 1. The van der Waals surface area contributed by atoms with E-state index in [1.165, 1.54) is 6.21 Å². The molecule has 3 N–H and O–H groups in total. The lowest BCUT2D eigenvalue weighted by Gasteiger charge is -2.08. The van der Waals surface area contributed by atoms with E-state index in [0.717, 1.165) is 12.8 Å². The van der Waals surface area contributed by atoms with Crippen molar-refractivity contribution >= 4 is 34.0 Å². The van der Waals surface area contributed by atoms with Crippen molar-refractivity contribution in [3.63, 3.8) is 0 Å². The number of amides is 2. The zero-order valence-corrected chi connectivity index (χ0v) is 13.5. The highest BCUT2D eigenvalue weighted by molar-refractivity contribution is 9.10. The van der Waals surface area contributed by atoms with Crippen LogP contribution in [0.15, 0.2) is 21.7 Å². The Balaban J connectivity index is 1.97. The van der Waals surface area contributed by atoms with Gasteiger partial charge in [-0.25, -0.2) is 5.43 Å². The first-order valence-electron chi connectivity index (χ1n) is 6.80. The molecule has 2 rings (SSSR count). The summed E-state index contributed by atoms with van der Waals surface area (Å²) in [5.41, 5.74) is 2.74. The molecule has 0 spiro atoms. The number of nitrogens with zero attached hydrogens (tertiary/aromatic N) is 1. The van der Waals surface area contributed by atoms with Crippen molar-refractivity contribution in [2.45, 2.75) is 25.8 Å². The first-order chi connectivity index (χ1) is 10.5. The van der Waals surface area contributed by atoms with Crippen LogP contribution in [-0.2, 0) is 9.59 Å². The lowest BCUT2D eigenvalue weighted by molar-refractivity contribution is -0.139. The van der Waals surface area contributed by atoms with Gasteiger partial charge in [0.05, 0.1) is 17.3 Å². The van der Waals surface area contributed by atoms with E-state index in [1.807, 2.05) is 0 Å². The van der Waals surface area contributed by atoms with Gasteiger partial charge in [-0.05, 0) is 53.4 Å². The number of carbonyl (C=O) groups excluding carboxylic acids is 2. The maximum absolute atomic E-state index is 11.5. The molecule has 0 unspecified atom stereocenters. The molecule has 1 aromatic carbocycles. The molecule has 7 nitrogen and oxygen atoms in total. The molecular formula is C14H16BrN3O4. The second-order valence-electron chi connectivity index (χ2n) is 4.73. The van der Waals surface area contributed by atoms with Crippen LogP contribution in [0.5, 0.6) is 11.5 Å². The Bertz CT molecular complexity index is 614. The zero-order chi connectivity index (χ0) is 16.1. The van der Waals surface area contributed by atoms with Crippen LogP contribution in [0.25, 0.3) is 0 Å². The average molecular weight is 370 g/mol. The number of nitrogens with one attached hydrogen (secondary N) is 2. The summed E-state index contributed by atoms with van der Waals surface area (Å²) in [6, 6.07) is 3.30.